The van der Waals surface area contributed by atoms with Gasteiger partial charge < -0.3 is 0 Å². The van der Waals surface area contributed by atoms with Crippen molar-refractivity contribution in [1.82, 2.24) is 0 Å². The molecule has 0 heteroatoms. The molecule has 1 fully saturated rings. The van der Waals surface area contributed by atoms with Crippen LogP contribution in [0.2, 0.25) is 0 Å². The molecule has 0 aliphatic heterocycles. The third kappa shape index (κ3) is 1.53. The Morgan fingerprint density at radius 3 is 1.80 bits per heavy atom. The third-order valence-electron chi connectivity index (χ3n) is 3.22. The van der Waals surface area contributed by atoms with Crippen LogP contribution in [0.25, 0.3) is 0 Å². The van der Waals surface area contributed by atoms with Gasteiger partial charge in [-0.1, -0.05) is 47.0 Å². The molecule has 0 aromatic carbocycles. The third-order valence-corrected chi connectivity index (χ3v) is 3.22. The predicted molar refractivity (Wildman–Crippen MR) is 46.0 cm³/mol. The van der Waals surface area contributed by atoms with Crippen molar-refractivity contribution in [1.29, 1.82) is 0 Å². The standard InChI is InChI=1S/C10H20/c1-8(10(2,3)4)9-6-5-7-9/h8-9H,5-7H2,1-4H3. The summed E-state index contributed by atoms with van der Waals surface area (Å²) >= 11 is 0. The molecule has 1 aliphatic rings. The van der Waals surface area contributed by atoms with E-state index in [4.69, 9.17) is 0 Å². The molecule has 60 valence electrons. The molecule has 0 N–H and O–H groups in total. The normalized spacial score (nSPS) is 24.0. The number of rotatable bonds is 1. The van der Waals surface area contributed by atoms with Gasteiger partial charge in [-0.25, -0.2) is 0 Å². The molecule has 10 heavy (non-hydrogen) atoms. The Bertz CT molecular complexity index is 104. The molecule has 1 unspecified atom stereocenters. The SMILES string of the molecule is CC(C1CCC1)C(C)(C)C. The predicted octanol–water partition coefficient (Wildman–Crippen LogP) is 3.47. The summed E-state index contributed by atoms with van der Waals surface area (Å²) in [5.41, 5.74) is 0.533. The fourth-order valence-electron chi connectivity index (χ4n) is 1.65. The van der Waals surface area contributed by atoms with Gasteiger partial charge in [-0.2, -0.15) is 0 Å². The molecule has 0 aromatic rings. The molecule has 1 aliphatic carbocycles. The van der Waals surface area contributed by atoms with Crippen molar-refractivity contribution in [2.45, 2.75) is 47.0 Å². The Morgan fingerprint density at radius 1 is 1.20 bits per heavy atom. The zero-order valence-corrected chi connectivity index (χ0v) is 7.78. The first-order chi connectivity index (χ1) is 4.52. The first-order valence-electron chi connectivity index (χ1n) is 4.52. The highest BCUT2D eigenvalue weighted by molar-refractivity contribution is 4.81. The molecular formula is C10H20. The average Bonchev–Trinajstić information content (AvgIpc) is 1.57. The monoisotopic (exact) mass is 140 g/mol. The van der Waals surface area contributed by atoms with Gasteiger partial charge in [0.05, 0.1) is 0 Å². The van der Waals surface area contributed by atoms with Gasteiger partial charge in [-0.05, 0) is 17.3 Å². The van der Waals surface area contributed by atoms with Crippen molar-refractivity contribution in [2.75, 3.05) is 0 Å². The maximum Gasteiger partial charge on any atom is -0.0354 e. The lowest BCUT2D eigenvalue weighted by Crippen LogP contribution is -2.29. The van der Waals surface area contributed by atoms with Crippen LogP contribution in [-0.2, 0) is 0 Å². The van der Waals surface area contributed by atoms with E-state index in [9.17, 15) is 0 Å². The largest absolute Gasteiger partial charge is 0.0617 e. The summed E-state index contributed by atoms with van der Waals surface area (Å²) in [6, 6.07) is 0. The van der Waals surface area contributed by atoms with Crippen molar-refractivity contribution >= 4 is 0 Å². The van der Waals surface area contributed by atoms with Gasteiger partial charge in [0.15, 0.2) is 0 Å². The summed E-state index contributed by atoms with van der Waals surface area (Å²) in [6.07, 6.45) is 4.45. The molecule has 0 nitrogen and oxygen atoms in total. The van der Waals surface area contributed by atoms with Crippen molar-refractivity contribution in [3.8, 4) is 0 Å². The molecule has 0 aromatic heterocycles. The van der Waals surface area contributed by atoms with Crippen LogP contribution in [0.15, 0.2) is 0 Å². The first-order valence-corrected chi connectivity index (χ1v) is 4.52. The summed E-state index contributed by atoms with van der Waals surface area (Å²) in [5.74, 6) is 1.96. The Hall–Kier alpha value is 0. The second-order valence-corrected chi connectivity index (χ2v) is 4.85. The van der Waals surface area contributed by atoms with Gasteiger partial charge in [0.2, 0.25) is 0 Å². The zero-order valence-electron chi connectivity index (χ0n) is 7.78. The summed E-state index contributed by atoms with van der Waals surface area (Å²) in [4.78, 5) is 0. The number of hydrogen-bond donors (Lipinski definition) is 0. The van der Waals surface area contributed by atoms with E-state index in [-0.39, 0.29) is 0 Å². The van der Waals surface area contributed by atoms with Crippen LogP contribution in [0, 0.1) is 17.3 Å². The van der Waals surface area contributed by atoms with E-state index in [1.165, 1.54) is 19.3 Å². The van der Waals surface area contributed by atoms with Gasteiger partial charge >= 0.3 is 0 Å². The second kappa shape index (κ2) is 2.56. The fourth-order valence-corrected chi connectivity index (χ4v) is 1.65. The van der Waals surface area contributed by atoms with Crippen LogP contribution in [0.1, 0.15) is 47.0 Å². The lowest BCUT2D eigenvalue weighted by atomic mass is 9.66. The smallest absolute Gasteiger partial charge is 0.0354 e. The van der Waals surface area contributed by atoms with Gasteiger partial charge in [0.25, 0.3) is 0 Å². The molecule has 0 bridgehead atoms. The van der Waals surface area contributed by atoms with Gasteiger partial charge in [0, 0.05) is 0 Å². The fraction of sp³-hybridized carbons (Fsp3) is 1.00. The summed E-state index contributed by atoms with van der Waals surface area (Å²) in [6.45, 7) is 9.48. The molecule has 0 saturated heterocycles. The quantitative estimate of drug-likeness (QED) is 0.523. The maximum atomic E-state index is 2.41. The van der Waals surface area contributed by atoms with Crippen molar-refractivity contribution < 1.29 is 0 Å². The van der Waals surface area contributed by atoms with Gasteiger partial charge in [0.1, 0.15) is 0 Å². The van der Waals surface area contributed by atoms with E-state index >= 15 is 0 Å². The average molecular weight is 140 g/mol. The van der Waals surface area contributed by atoms with Gasteiger partial charge in [-0.15, -0.1) is 0 Å². The topological polar surface area (TPSA) is 0 Å². The first kappa shape index (κ1) is 8.10. The Morgan fingerprint density at radius 2 is 1.70 bits per heavy atom. The summed E-state index contributed by atoms with van der Waals surface area (Å²) in [7, 11) is 0. The van der Waals surface area contributed by atoms with E-state index in [1.807, 2.05) is 0 Å². The van der Waals surface area contributed by atoms with Crippen LogP contribution < -0.4 is 0 Å². The molecule has 0 radical (unpaired) electrons. The van der Waals surface area contributed by atoms with Crippen LogP contribution in [0.5, 0.6) is 0 Å². The van der Waals surface area contributed by atoms with Crippen LogP contribution >= 0.6 is 0 Å². The molecule has 0 spiro atoms. The molecule has 1 atom stereocenters. The summed E-state index contributed by atoms with van der Waals surface area (Å²) < 4.78 is 0. The number of hydrogen-bond acceptors (Lipinski definition) is 0. The highest BCUT2D eigenvalue weighted by Crippen LogP contribution is 2.41. The molecule has 1 saturated carbocycles. The van der Waals surface area contributed by atoms with E-state index in [1.54, 1.807) is 0 Å². The highest BCUT2D eigenvalue weighted by atomic mass is 14.4. The van der Waals surface area contributed by atoms with E-state index < -0.39 is 0 Å². The minimum absolute atomic E-state index is 0.533. The molecule has 0 amide bonds. The second-order valence-electron chi connectivity index (χ2n) is 4.85. The van der Waals surface area contributed by atoms with Crippen LogP contribution in [-0.4, -0.2) is 0 Å². The maximum absolute atomic E-state index is 2.41. The Balaban J connectivity index is 2.39. The lowest BCUT2D eigenvalue weighted by molar-refractivity contribution is 0.113. The Kier molecular flexibility index (Phi) is 2.07. The minimum Gasteiger partial charge on any atom is -0.0617 e. The zero-order chi connectivity index (χ0) is 7.78. The summed E-state index contributed by atoms with van der Waals surface area (Å²) in [5, 5.41) is 0. The molecule has 1 rings (SSSR count). The van der Waals surface area contributed by atoms with Crippen LogP contribution in [0.3, 0.4) is 0 Å². The van der Waals surface area contributed by atoms with E-state index in [0.717, 1.165) is 11.8 Å². The lowest BCUT2D eigenvalue weighted by Gasteiger charge is -2.39. The molecular weight excluding hydrogens is 120 g/mol. The minimum atomic E-state index is 0.533. The Labute approximate surface area is 65.0 Å². The molecule has 0 heterocycles. The highest BCUT2D eigenvalue weighted by Gasteiger charge is 2.31. The van der Waals surface area contributed by atoms with Crippen molar-refractivity contribution in [2.24, 2.45) is 17.3 Å². The van der Waals surface area contributed by atoms with Crippen molar-refractivity contribution in [3.63, 3.8) is 0 Å². The van der Waals surface area contributed by atoms with Crippen LogP contribution in [0.4, 0.5) is 0 Å². The van der Waals surface area contributed by atoms with E-state index in [2.05, 4.69) is 27.7 Å². The van der Waals surface area contributed by atoms with E-state index in [0.29, 0.717) is 5.41 Å². The van der Waals surface area contributed by atoms with Gasteiger partial charge in [-0.3, -0.25) is 0 Å². The van der Waals surface area contributed by atoms with Crippen molar-refractivity contribution in [3.05, 3.63) is 0 Å².